The van der Waals surface area contributed by atoms with E-state index in [1.807, 2.05) is 19.9 Å². The van der Waals surface area contributed by atoms with Crippen molar-refractivity contribution in [2.24, 2.45) is 5.92 Å². The highest BCUT2D eigenvalue weighted by molar-refractivity contribution is 7.80. The predicted octanol–water partition coefficient (Wildman–Crippen LogP) is 4.22. The van der Waals surface area contributed by atoms with Gasteiger partial charge in [0.1, 0.15) is 41.2 Å². The van der Waals surface area contributed by atoms with E-state index in [4.69, 9.17) is 35.3 Å². The number of aliphatic hydroxyl groups is 1. The Morgan fingerprint density at radius 3 is 2.59 bits per heavy atom. The molecule has 0 radical (unpaired) electrons. The lowest BCUT2D eigenvalue weighted by atomic mass is 9.87. The summed E-state index contributed by atoms with van der Waals surface area (Å²) in [7, 11) is 6.02. The first-order valence-corrected chi connectivity index (χ1v) is 17.9. The lowest BCUT2D eigenvalue weighted by Gasteiger charge is -2.41. The number of nitrogens with zero attached hydrogens (tertiary/aromatic N) is 2. The van der Waals surface area contributed by atoms with Crippen molar-refractivity contribution < 1.29 is 48.0 Å². The van der Waals surface area contributed by atoms with Crippen LogP contribution in [-0.2, 0) is 39.8 Å². The molecule has 3 aliphatic heterocycles. The summed E-state index contributed by atoms with van der Waals surface area (Å²) in [6.45, 7) is 7.15. The number of alkyl carbamates (subject to hydrolysis) is 1. The number of thiol groups is 1. The first-order chi connectivity index (χ1) is 24.0. The minimum absolute atomic E-state index is 0.0110. The van der Waals surface area contributed by atoms with Crippen molar-refractivity contribution in [3.8, 4) is 5.75 Å². The molecule has 2 saturated heterocycles. The van der Waals surface area contributed by atoms with Crippen LogP contribution in [0.4, 0.5) is 10.5 Å². The first kappa shape index (κ1) is 40.5. The van der Waals surface area contributed by atoms with Crippen molar-refractivity contribution in [3.63, 3.8) is 0 Å². The van der Waals surface area contributed by atoms with Gasteiger partial charge in [-0.05, 0) is 49.6 Å². The van der Waals surface area contributed by atoms with E-state index in [1.165, 1.54) is 31.1 Å². The maximum Gasteiger partial charge on any atom is 0.409 e. The maximum absolute atomic E-state index is 14.0. The van der Waals surface area contributed by atoms with Crippen LogP contribution in [0, 0.1) is 5.92 Å². The Morgan fingerprint density at radius 2 is 1.94 bits per heavy atom. The lowest BCUT2D eigenvalue weighted by molar-refractivity contribution is -0.159. The number of amides is 3. The first-order valence-electron chi connectivity index (χ1n) is 17.0. The van der Waals surface area contributed by atoms with Gasteiger partial charge >= 0.3 is 12.1 Å². The molecule has 13 nitrogen and oxygen atoms in total. The molecule has 15 heteroatoms. The fraction of sp³-hybridized carbons (Fsp3) is 0.611. The number of halogens is 1. The van der Waals surface area contributed by atoms with Gasteiger partial charge in [-0.25, -0.2) is 9.59 Å². The molecular weight excluding hydrogens is 702 g/mol. The lowest BCUT2D eigenvalue weighted by Crippen LogP contribution is -2.63. The number of likely N-dealkylation sites (N-methyl/N-ethyl adjacent to an activating group) is 1. The van der Waals surface area contributed by atoms with Crippen LogP contribution < -0.4 is 15.0 Å². The van der Waals surface area contributed by atoms with Crippen molar-refractivity contribution in [2.45, 2.75) is 107 Å². The zero-order valence-corrected chi connectivity index (χ0v) is 32.0. The molecule has 9 atom stereocenters. The number of hydrogen-bond acceptors (Lipinski definition) is 11. The summed E-state index contributed by atoms with van der Waals surface area (Å²) in [6, 6.07) is 2.62. The summed E-state index contributed by atoms with van der Waals surface area (Å²) < 4.78 is 28.8. The summed E-state index contributed by atoms with van der Waals surface area (Å²) in [5, 5.41) is 14.4. The molecule has 3 amide bonds. The molecule has 51 heavy (non-hydrogen) atoms. The molecule has 1 aromatic carbocycles. The maximum atomic E-state index is 14.0. The SMILES string of the molecule is COc1cc2cc(c1Cl)N(C)C(=O)CC(OC(=O)C(C)N(C)C(=O)CCC(C)S)C1OC1C(C)C1CC(O)(NC(=O)O1)C(OC)C=CC=C(C)C2. The Kier molecular flexibility index (Phi) is 13.5. The van der Waals surface area contributed by atoms with Crippen LogP contribution in [0.15, 0.2) is 35.9 Å². The third kappa shape index (κ3) is 9.78. The van der Waals surface area contributed by atoms with E-state index < -0.39 is 66.2 Å². The largest absolute Gasteiger partial charge is 0.495 e. The molecule has 0 aromatic heterocycles. The summed E-state index contributed by atoms with van der Waals surface area (Å²) in [5.74, 6) is -1.50. The smallest absolute Gasteiger partial charge is 0.409 e. The highest BCUT2D eigenvalue weighted by atomic mass is 35.5. The third-order valence-electron chi connectivity index (χ3n) is 9.77. The number of ether oxygens (including phenoxy) is 5. The Bertz CT molecular complexity index is 1540. The monoisotopic (exact) mass is 751 g/mol. The van der Waals surface area contributed by atoms with Crippen LogP contribution in [0.25, 0.3) is 0 Å². The normalized spacial score (nSPS) is 29.5. The van der Waals surface area contributed by atoms with Crippen LogP contribution in [-0.4, -0.2) is 110 Å². The highest BCUT2D eigenvalue weighted by Crippen LogP contribution is 2.41. The number of rotatable bonds is 8. The van der Waals surface area contributed by atoms with Gasteiger partial charge in [0.05, 0.1) is 25.3 Å². The average Bonchev–Trinajstić information content (AvgIpc) is 3.88. The molecular formula is C36H50ClN3O10S. The molecule has 2 fully saturated rings. The molecule has 0 aliphatic carbocycles. The van der Waals surface area contributed by atoms with Gasteiger partial charge in [-0.15, -0.1) is 0 Å². The summed E-state index contributed by atoms with van der Waals surface area (Å²) in [5.41, 5.74) is 0.326. The molecule has 4 bridgehead atoms. The van der Waals surface area contributed by atoms with Crippen molar-refractivity contribution in [3.05, 3.63) is 46.5 Å². The third-order valence-corrected chi connectivity index (χ3v) is 10.4. The number of benzene rings is 1. The second-order valence-electron chi connectivity index (χ2n) is 13.7. The van der Waals surface area contributed by atoms with Crippen LogP contribution >= 0.6 is 24.2 Å². The van der Waals surface area contributed by atoms with Crippen molar-refractivity contribution in [2.75, 3.05) is 33.2 Å². The Hall–Kier alpha value is -3.30. The molecule has 0 saturated carbocycles. The number of carbonyl (C=O) groups is 4. The van der Waals surface area contributed by atoms with Gasteiger partial charge in [0.25, 0.3) is 0 Å². The van der Waals surface area contributed by atoms with E-state index in [0.29, 0.717) is 24.3 Å². The number of nitrogens with one attached hydrogen (secondary N) is 1. The predicted molar refractivity (Wildman–Crippen MR) is 194 cm³/mol. The quantitative estimate of drug-likeness (QED) is 0.200. The number of methoxy groups -OCH3 is 2. The Morgan fingerprint density at radius 1 is 1.24 bits per heavy atom. The molecule has 3 aliphatic rings. The standard InChI is InChI=1S/C36H50ClN3O10S/c1-19-10-9-11-28(47-8)36(45)18-27(49-35(44)38-36)21(3)32-33(50-32)26(48-34(43)22(4)39(5)29(41)13-12-20(2)51)17-30(42)40(6)24-15-23(14-19)16-25(46-7)31(24)37/h9-11,15-16,20-22,26-28,32-33,45,51H,12-14,17-18H2,1-8H3,(H,38,44). The van der Waals surface area contributed by atoms with Crippen LogP contribution in [0.5, 0.6) is 5.75 Å². The summed E-state index contributed by atoms with van der Waals surface area (Å²) >= 11 is 11.1. The summed E-state index contributed by atoms with van der Waals surface area (Å²) in [6.07, 6.45) is 1.11. The molecule has 4 rings (SSSR count). The second kappa shape index (κ2) is 17.0. The number of epoxide rings is 1. The van der Waals surface area contributed by atoms with E-state index in [1.54, 1.807) is 45.2 Å². The van der Waals surface area contributed by atoms with E-state index in [9.17, 15) is 24.3 Å². The van der Waals surface area contributed by atoms with Gasteiger partial charge in [-0.3, -0.25) is 14.9 Å². The molecule has 9 unspecified atom stereocenters. The molecule has 1 aromatic rings. The Labute approximate surface area is 310 Å². The minimum Gasteiger partial charge on any atom is -0.495 e. The van der Waals surface area contributed by atoms with Gasteiger partial charge in [-0.1, -0.05) is 49.2 Å². The number of anilines is 1. The van der Waals surface area contributed by atoms with Crippen LogP contribution in [0.3, 0.4) is 0 Å². The second-order valence-corrected chi connectivity index (χ2v) is 14.9. The molecule has 282 valence electrons. The molecule has 0 spiro atoms. The van der Waals surface area contributed by atoms with Gasteiger partial charge in [0.15, 0.2) is 5.72 Å². The van der Waals surface area contributed by atoms with Crippen molar-refractivity contribution in [1.29, 1.82) is 0 Å². The average molecular weight is 752 g/mol. The minimum atomic E-state index is -1.81. The van der Waals surface area contributed by atoms with Crippen LogP contribution in [0.1, 0.15) is 58.9 Å². The number of esters is 1. The highest BCUT2D eigenvalue weighted by Gasteiger charge is 2.56. The topological polar surface area (TPSA) is 156 Å². The van der Waals surface area contributed by atoms with Gasteiger partial charge in [0.2, 0.25) is 11.8 Å². The molecule has 3 heterocycles. The van der Waals surface area contributed by atoms with E-state index in [-0.39, 0.29) is 35.4 Å². The van der Waals surface area contributed by atoms with Crippen LogP contribution in [0.2, 0.25) is 5.02 Å². The van der Waals surface area contributed by atoms with Gasteiger partial charge < -0.3 is 38.6 Å². The zero-order chi connectivity index (χ0) is 37.8. The Balaban J connectivity index is 1.71. The number of hydrogen-bond donors (Lipinski definition) is 3. The van der Waals surface area contributed by atoms with Gasteiger partial charge in [-0.2, -0.15) is 12.6 Å². The fourth-order valence-electron chi connectivity index (χ4n) is 6.36. The van der Waals surface area contributed by atoms with Crippen molar-refractivity contribution >= 4 is 53.8 Å². The van der Waals surface area contributed by atoms with E-state index >= 15 is 0 Å². The van der Waals surface area contributed by atoms with E-state index in [2.05, 4.69) is 17.9 Å². The number of carbonyl (C=O) groups excluding carboxylic acids is 4. The summed E-state index contributed by atoms with van der Waals surface area (Å²) in [4.78, 5) is 55.8. The van der Waals surface area contributed by atoms with Crippen molar-refractivity contribution in [1.82, 2.24) is 10.2 Å². The molecule has 2 N–H and O–H groups in total. The number of allylic oxidation sites excluding steroid dienone is 3. The number of fused-ring (bicyclic) bond motifs is 5. The fourth-order valence-corrected chi connectivity index (χ4v) is 6.80. The van der Waals surface area contributed by atoms with E-state index in [0.717, 1.165) is 11.1 Å². The van der Waals surface area contributed by atoms with Gasteiger partial charge in [0, 0.05) is 40.0 Å². The zero-order valence-electron chi connectivity index (χ0n) is 30.4.